The Balaban J connectivity index is 3.04. The van der Waals surface area contributed by atoms with Crippen molar-refractivity contribution < 1.29 is 53.8 Å². The standard InChI is InChI=1S/C28H42O11/c1-13-21(34)11-22(35)19(12-29)9-24(37-16(4)31)20-10-23(36-15(3)30)14(2)25(28(20,7)8)27(39-18(6)33)26(13)38-17(5)32/h9,16,20-24,27,29,31,34-35H,10-12H2,1-8H3/b19-9+,26-13+/t16-,20+,21-,22+,23+,24+,27-/m1/s1. The fourth-order valence-electron chi connectivity index (χ4n) is 5.58. The molecule has 4 N–H and O–H groups in total. The van der Waals surface area contributed by atoms with E-state index in [1.165, 1.54) is 40.7 Å². The monoisotopic (exact) mass is 554 g/mol. The molecular formula is C28H42O11. The molecule has 0 unspecified atom stereocenters. The third kappa shape index (κ3) is 7.76. The summed E-state index contributed by atoms with van der Waals surface area (Å²) in [6.45, 7) is 11.4. The minimum Gasteiger partial charge on any atom is -0.458 e. The molecule has 0 saturated heterocycles. The number of rotatable bonds is 6. The van der Waals surface area contributed by atoms with Crippen molar-refractivity contribution in [1.82, 2.24) is 0 Å². The van der Waals surface area contributed by atoms with Crippen LogP contribution in [0.25, 0.3) is 0 Å². The molecule has 0 heterocycles. The van der Waals surface area contributed by atoms with Crippen LogP contribution >= 0.6 is 0 Å². The van der Waals surface area contributed by atoms with Crippen LogP contribution in [0, 0.1) is 11.3 Å². The largest absolute Gasteiger partial charge is 0.458 e. The van der Waals surface area contributed by atoms with Gasteiger partial charge in [-0.1, -0.05) is 19.9 Å². The molecule has 0 fully saturated rings. The van der Waals surface area contributed by atoms with Crippen LogP contribution < -0.4 is 0 Å². The molecule has 11 heteroatoms. The van der Waals surface area contributed by atoms with Gasteiger partial charge in [0.25, 0.3) is 0 Å². The highest BCUT2D eigenvalue weighted by atomic mass is 16.6. The van der Waals surface area contributed by atoms with Gasteiger partial charge in [0, 0.05) is 33.1 Å². The molecule has 0 amide bonds. The van der Waals surface area contributed by atoms with E-state index in [9.17, 15) is 34.8 Å². The van der Waals surface area contributed by atoms with E-state index in [0.717, 1.165) is 0 Å². The lowest BCUT2D eigenvalue weighted by Crippen LogP contribution is -2.49. The van der Waals surface area contributed by atoms with Crippen LogP contribution in [0.3, 0.4) is 0 Å². The van der Waals surface area contributed by atoms with Crippen molar-refractivity contribution in [2.45, 2.75) is 105 Å². The number of fused-ring (bicyclic) bond motifs is 2. The van der Waals surface area contributed by atoms with Crippen molar-refractivity contribution in [1.29, 1.82) is 0 Å². The maximum Gasteiger partial charge on any atom is 0.307 e. The summed E-state index contributed by atoms with van der Waals surface area (Å²) in [6.07, 6.45) is -5.53. The summed E-state index contributed by atoms with van der Waals surface area (Å²) >= 11 is 0. The first-order valence-electron chi connectivity index (χ1n) is 13.0. The Morgan fingerprint density at radius 1 is 0.974 bits per heavy atom. The Morgan fingerprint density at radius 3 is 2.05 bits per heavy atom. The molecule has 0 aromatic heterocycles. The van der Waals surface area contributed by atoms with Gasteiger partial charge in [-0.2, -0.15) is 0 Å². The predicted octanol–water partition coefficient (Wildman–Crippen LogP) is 1.82. The topological polar surface area (TPSA) is 169 Å². The molecule has 0 aliphatic heterocycles. The highest BCUT2D eigenvalue weighted by molar-refractivity contribution is 5.70. The van der Waals surface area contributed by atoms with Crippen molar-refractivity contribution in [3.05, 3.63) is 34.1 Å². The number of aliphatic hydroxyl groups is 4. The van der Waals surface area contributed by atoms with E-state index in [1.54, 1.807) is 6.92 Å². The zero-order valence-corrected chi connectivity index (χ0v) is 23.9. The van der Waals surface area contributed by atoms with Crippen molar-refractivity contribution in [3.8, 4) is 0 Å². The molecule has 11 nitrogen and oxygen atoms in total. The normalized spacial score (nSPS) is 33.6. The molecule has 220 valence electrons. The van der Waals surface area contributed by atoms with Gasteiger partial charge < -0.3 is 39.4 Å². The first-order valence-corrected chi connectivity index (χ1v) is 13.0. The number of carbonyl (C=O) groups excluding carboxylic acids is 3. The van der Waals surface area contributed by atoms with Crippen LogP contribution in [-0.4, -0.2) is 81.8 Å². The van der Waals surface area contributed by atoms with Crippen LogP contribution in [0.5, 0.6) is 0 Å². The lowest BCUT2D eigenvalue weighted by atomic mass is 9.60. The fourth-order valence-corrected chi connectivity index (χ4v) is 5.58. The Bertz CT molecular complexity index is 1040. The zero-order valence-electron chi connectivity index (χ0n) is 23.9. The summed E-state index contributed by atoms with van der Waals surface area (Å²) in [5.41, 5.74) is 0.364. The summed E-state index contributed by atoms with van der Waals surface area (Å²) in [6, 6.07) is 0. The number of hydrogen-bond acceptors (Lipinski definition) is 11. The molecule has 0 aromatic carbocycles. The van der Waals surface area contributed by atoms with Crippen LogP contribution in [0.1, 0.15) is 68.2 Å². The summed E-state index contributed by atoms with van der Waals surface area (Å²) in [7, 11) is 0. The highest BCUT2D eigenvalue weighted by Gasteiger charge is 2.51. The molecule has 0 spiro atoms. The third-order valence-electron chi connectivity index (χ3n) is 7.42. The van der Waals surface area contributed by atoms with Gasteiger partial charge in [0.2, 0.25) is 0 Å². The fraction of sp³-hybridized carbons (Fsp3) is 0.679. The summed E-state index contributed by atoms with van der Waals surface area (Å²) < 4.78 is 22.9. The first kappa shape index (κ1) is 32.6. The number of hydrogen-bond donors (Lipinski definition) is 4. The maximum absolute atomic E-state index is 12.4. The minimum atomic E-state index is -1.37. The molecule has 0 saturated carbocycles. The molecule has 2 aliphatic rings. The molecule has 0 radical (unpaired) electrons. The Hall–Kier alpha value is -2.57. The van der Waals surface area contributed by atoms with Gasteiger partial charge in [-0.25, -0.2) is 0 Å². The molecular weight excluding hydrogens is 512 g/mol. The van der Waals surface area contributed by atoms with E-state index in [1.807, 2.05) is 13.8 Å². The summed E-state index contributed by atoms with van der Waals surface area (Å²) in [5, 5.41) is 42.3. The average molecular weight is 555 g/mol. The highest BCUT2D eigenvalue weighted by Crippen LogP contribution is 2.51. The average Bonchev–Trinajstić information content (AvgIpc) is 2.79. The Labute approximate surface area is 229 Å². The van der Waals surface area contributed by atoms with Gasteiger partial charge in [-0.3, -0.25) is 14.4 Å². The van der Waals surface area contributed by atoms with E-state index in [0.29, 0.717) is 11.1 Å². The van der Waals surface area contributed by atoms with Gasteiger partial charge in [0.1, 0.15) is 6.10 Å². The minimum absolute atomic E-state index is 0.132. The molecule has 2 rings (SSSR count). The quantitative estimate of drug-likeness (QED) is 0.163. The van der Waals surface area contributed by atoms with Crippen molar-refractivity contribution in [2.24, 2.45) is 11.3 Å². The lowest BCUT2D eigenvalue weighted by molar-refractivity contribution is -0.158. The molecule has 0 aromatic rings. The number of aliphatic hydroxyl groups excluding tert-OH is 4. The van der Waals surface area contributed by atoms with Gasteiger partial charge in [-0.15, -0.1) is 0 Å². The second-order valence-corrected chi connectivity index (χ2v) is 10.8. The van der Waals surface area contributed by atoms with E-state index in [4.69, 9.17) is 18.9 Å². The third-order valence-corrected chi connectivity index (χ3v) is 7.42. The van der Waals surface area contributed by atoms with Gasteiger partial charge in [0.15, 0.2) is 18.2 Å². The molecule has 7 atom stereocenters. The zero-order chi connectivity index (χ0) is 29.8. The number of carbonyl (C=O) groups is 3. The second kappa shape index (κ2) is 13.2. The van der Waals surface area contributed by atoms with Gasteiger partial charge in [-0.05, 0) is 54.9 Å². The van der Waals surface area contributed by atoms with E-state index >= 15 is 0 Å². The lowest BCUT2D eigenvalue weighted by Gasteiger charge is -2.49. The number of esters is 3. The van der Waals surface area contributed by atoms with E-state index in [2.05, 4.69) is 0 Å². The van der Waals surface area contributed by atoms with Crippen molar-refractivity contribution in [3.63, 3.8) is 0 Å². The van der Waals surface area contributed by atoms with Crippen LogP contribution in [0.15, 0.2) is 34.1 Å². The van der Waals surface area contributed by atoms with Crippen molar-refractivity contribution in [2.75, 3.05) is 6.61 Å². The Morgan fingerprint density at radius 2 is 1.56 bits per heavy atom. The number of ether oxygens (including phenoxy) is 4. The molecule has 2 bridgehead atoms. The predicted molar refractivity (Wildman–Crippen MR) is 139 cm³/mol. The van der Waals surface area contributed by atoms with Crippen molar-refractivity contribution >= 4 is 17.9 Å². The van der Waals surface area contributed by atoms with Gasteiger partial charge in [0.05, 0.1) is 24.9 Å². The maximum atomic E-state index is 12.4. The molecule has 2 aliphatic carbocycles. The van der Waals surface area contributed by atoms with Crippen LogP contribution in [0.4, 0.5) is 0 Å². The SMILES string of the molecule is CC(=O)O/C1=C(\C)[C@H](O)C[C@H](O)/C(CO)=C/[C@H](O[C@H](C)O)[C@@H]2C[C@H](OC(C)=O)C(C)=C([C@H]1OC(C)=O)C2(C)C. The Kier molecular flexibility index (Phi) is 11.0. The van der Waals surface area contributed by atoms with E-state index < -0.39 is 72.7 Å². The van der Waals surface area contributed by atoms with Crippen LogP contribution in [0.2, 0.25) is 0 Å². The second-order valence-electron chi connectivity index (χ2n) is 10.8. The smallest absolute Gasteiger partial charge is 0.307 e. The summed E-state index contributed by atoms with van der Waals surface area (Å²) in [5.74, 6) is -2.68. The summed E-state index contributed by atoms with van der Waals surface area (Å²) in [4.78, 5) is 36.7. The van der Waals surface area contributed by atoms with E-state index in [-0.39, 0.29) is 29.7 Å². The van der Waals surface area contributed by atoms with Gasteiger partial charge >= 0.3 is 17.9 Å². The molecule has 39 heavy (non-hydrogen) atoms. The van der Waals surface area contributed by atoms with Crippen LogP contribution in [-0.2, 0) is 33.3 Å². The first-order chi connectivity index (χ1) is 18.0.